The van der Waals surface area contributed by atoms with E-state index in [9.17, 15) is 4.79 Å². The molecule has 2 rings (SSSR count). The molecule has 1 aromatic rings. The van der Waals surface area contributed by atoms with Crippen LogP contribution in [0.15, 0.2) is 28.7 Å². The van der Waals surface area contributed by atoms with E-state index in [4.69, 9.17) is 0 Å². The number of rotatable bonds is 3. The fourth-order valence-electron chi connectivity index (χ4n) is 2.42. The summed E-state index contributed by atoms with van der Waals surface area (Å²) in [5, 5.41) is 3.36. The molecule has 98 valence electrons. The first kappa shape index (κ1) is 13.6. The number of amides is 1. The third-order valence-corrected chi connectivity index (χ3v) is 3.96. The molecular formula is C14H19BrN2O. The Hall–Kier alpha value is -0.870. The van der Waals surface area contributed by atoms with Crippen LogP contribution < -0.4 is 5.32 Å². The fourth-order valence-corrected chi connectivity index (χ4v) is 2.68. The largest absolute Gasteiger partial charge is 0.337 e. The Balaban J connectivity index is 1.91. The van der Waals surface area contributed by atoms with Gasteiger partial charge in [-0.3, -0.25) is 4.79 Å². The lowest BCUT2D eigenvalue weighted by atomic mass is 10.0. The molecule has 0 saturated carbocycles. The molecule has 1 aliphatic rings. The van der Waals surface area contributed by atoms with E-state index in [1.807, 2.05) is 4.90 Å². The van der Waals surface area contributed by atoms with Crippen molar-refractivity contribution >= 4 is 21.8 Å². The molecule has 1 amide bonds. The predicted molar refractivity (Wildman–Crippen MR) is 76.5 cm³/mol. The highest BCUT2D eigenvalue weighted by Crippen LogP contribution is 2.15. The third kappa shape index (κ3) is 3.56. The lowest BCUT2D eigenvalue weighted by Crippen LogP contribution is -2.53. The third-order valence-electron chi connectivity index (χ3n) is 3.43. The molecule has 4 heteroatoms. The van der Waals surface area contributed by atoms with Crippen molar-refractivity contribution in [3.8, 4) is 0 Å². The monoisotopic (exact) mass is 310 g/mol. The Labute approximate surface area is 117 Å². The summed E-state index contributed by atoms with van der Waals surface area (Å²) in [7, 11) is 0. The van der Waals surface area contributed by atoms with Crippen molar-refractivity contribution in [2.24, 2.45) is 0 Å². The summed E-state index contributed by atoms with van der Waals surface area (Å²) < 4.78 is 1.11. The zero-order valence-electron chi connectivity index (χ0n) is 10.7. The van der Waals surface area contributed by atoms with Crippen LogP contribution in [0, 0.1) is 0 Å². The Kier molecular flexibility index (Phi) is 4.78. The van der Waals surface area contributed by atoms with Crippen LogP contribution in [0.5, 0.6) is 0 Å². The van der Waals surface area contributed by atoms with Crippen molar-refractivity contribution in [3.63, 3.8) is 0 Å². The Morgan fingerprint density at radius 3 is 2.83 bits per heavy atom. The van der Waals surface area contributed by atoms with E-state index >= 15 is 0 Å². The molecule has 0 bridgehead atoms. The van der Waals surface area contributed by atoms with Crippen LogP contribution in [0.2, 0.25) is 0 Å². The minimum atomic E-state index is 0.192. The van der Waals surface area contributed by atoms with Crippen molar-refractivity contribution in [2.45, 2.75) is 25.8 Å². The van der Waals surface area contributed by atoms with Gasteiger partial charge in [0.25, 0.3) is 0 Å². The highest BCUT2D eigenvalue weighted by atomic mass is 79.9. The van der Waals surface area contributed by atoms with E-state index in [2.05, 4.69) is 45.5 Å². The number of hydrogen-bond acceptors (Lipinski definition) is 2. The van der Waals surface area contributed by atoms with E-state index in [1.165, 1.54) is 5.56 Å². The van der Waals surface area contributed by atoms with Gasteiger partial charge in [-0.05, 0) is 30.5 Å². The quantitative estimate of drug-likeness (QED) is 0.928. The summed E-state index contributed by atoms with van der Waals surface area (Å²) in [4.78, 5) is 13.6. The smallest absolute Gasteiger partial charge is 0.219 e. The van der Waals surface area contributed by atoms with Gasteiger partial charge in [0.05, 0.1) is 0 Å². The molecular weight excluding hydrogens is 292 g/mol. The van der Waals surface area contributed by atoms with Gasteiger partial charge in [-0.1, -0.05) is 28.1 Å². The van der Waals surface area contributed by atoms with Gasteiger partial charge >= 0.3 is 0 Å². The lowest BCUT2D eigenvalue weighted by molar-refractivity contribution is -0.132. The summed E-state index contributed by atoms with van der Waals surface area (Å²) >= 11 is 3.44. The molecule has 0 spiro atoms. The first-order chi connectivity index (χ1) is 8.66. The highest BCUT2D eigenvalue weighted by molar-refractivity contribution is 9.10. The van der Waals surface area contributed by atoms with E-state index in [0.29, 0.717) is 6.04 Å². The molecule has 3 nitrogen and oxygen atoms in total. The van der Waals surface area contributed by atoms with Crippen LogP contribution in [0.1, 0.15) is 18.9 Å². The molecule has 0 aromatic heterocycles. The molecule has 1 fully saturated rings. The van der Waals surface area contributed by atoms with E-state index in [0.717, 1.165) is 36.9 Å². The van der Waals surface area contributed by atoms with Crippen molar-refractivity contribution < 1.29 is 4.79 Å². The van der Waals surface area contributed by atoms with Crippen LogP contribution in [-0.2, 0) is 11.2 Å². The standard InChI is InChI=1S/C14H19BrN2O/c1-11(18)17-9-8-16-10-14(17)7-4-12-2-5-13(15)6-3-12/h2-3,5-6,14,16H,4,7-10H2,1H3. The summed E-state index contributed by atoms with van der Waals surface area (Å²) in [5.41, 5.74) is 1.33. The maximum Gasteiger partial charge on any atom is 0.219 e. The molecule has 0 aliphatic carbocycles. The Morgan fingerprint density at radius 1 is 1.44 bits per heavy atom. The van der Waals surface area contributed by atoms with Crippen molar-refractivity contribution in [1.29, 1.82) is 0 Å². The van der Waals surface area contributed by atoms with Crippen LogP contribution in [-0.4, -0.2) is 36.5 Å². The molecule has 18 heavy (non-hydrogen) atoms. The normalized spacial score (nSPS) is 19.9. The first-order valence-corrected chi connectivity index (χ1v) is 7.18. The highest BCUT2D eigenvalue weighted by Gasteiger charge is 2.23. The SMILES string of the molecule is CC(=O)N1CCNCC1CCc1ccc(Br)cc1. The average Bonchev–Trinajstić information content (AvgIpc) is 2.38. The average molecular weight is 311 g/mol. The van der Waals surface area contributed by atoms with Gasteiger partial charge in [0, 0.05) is 37.1 Å². The minimum absolute atomic E-state index is 0.192. The molecule has 1 N–H and O–H groups in total. The van der Waals surface area contributed by atoms with Gasteiger partial charge in [-0.15, -0.1) is 0 Å². The van der Waals surface area contributed by atoms with E-state index in [1.54, 1.807) is 6.92 Å². The fraction of sp³-hybridized carbons (Fsp3) is 0.500. The zero-order chi connectivity index (χ0) is 13.0. The maximum absolute atomic E-state index is 11.6. The van der Waals surface area contributed by atoms with Crippen LogP contribution in [0.3, 0.4) is 0 Å². The van der Waals surface area contributed by atoms with Crippen LogP contribution in [0.25, 0.3) is 0 Å². The molecule has 1 unspecified atom stereocenters. The zero-order valence-corrected chi connectivity index (χ0v) is 12.2. The maximum atomic E-state index is 11.6. The lowest BCUT2D eigenvalue weighted by Gasteiger charge is -2.35. The molecule has 1 heterocycles. The minimum Gasteiger partial charge on any atom is -0.337 e. The van der Waals surface area contributed by atoms with E-state index < -0.39 is 0 Å². The number of piperazine rings is 1. The second kappa shape index (κ2) is 6.34. The Morgan fingerprint density at radius 2 is 2.17 bits per heavy atom. The molecule has 0 radical (unpaired) electrons. The second-order valence-corrected chi connectivity index (χ2v) is 5.65. The van der Waals surface area contributed by atoms with Crippen molar-refractivity contribution in [2.75, 3.05) is 19.6 Å². The summed E-state index contributed by atoms with van der Waals surface area (Å²) in [6.45, 7) is 4.32. The van der Waals surface area contributed by atoms with Gasteiger partial charge in [-0.2, -0.15) is 0 Å². The number of halogens is 1. The van der Waals surface area contributed by atoms with Gasteiger partial charge in [0.1, 0.15) is 0 Å². The van der Waals surface area contributed by atoms with Gasteiger partial charge in [0.2, 0.25) is 5.91 Å². The topological polar surface area (TPSA) is 32.3 Å². The molecule has 1 aromatic carbocycles. The van der Waals surface area contributed by atoms with Crippen molar-refractivity contribution in [1.82, 2.24) is 10.2 Å². The van der Waals surface area contributed by atoms with Gasteiger partial charge in [-0.25, -0.2) is 0 Å². The number of carbonyl (C=O) groups is 1. The summed E-state index contributed by atoms with van der Waals surface area (Å²) in [6, 6.07) is 8.74. The van der Waals surface area contributed by atoms with E-state index in [-0.39, 0.29) is 5.91 Å². The molecule has 1 atom stereocenters. The first-order valence-electron chi connectivity index (χ1n) is 6.39. The Bertz CT molecular complexity index is 405. The summed E-state index contributed by atoms with van der Waals surface area (Å²) in [5.74, 6) is 0.192. The number of nitrogens with one attached hydrogen (secondary N) is 1. The van der Waals surface area contributed by atoms with Crippen LogP contribution >= 0.6 is 15.9 Å². The number of carbonyl (C=O) groups excluding carboxylic acids is 1. The molecule has 1 aliphatic heterocycles. The second-order valence-electron chi connectivity index (χ2n) is 4.74. The number of hydrogen-bond donors (Lipinski definition) is 1. The van der Waals surface area contributed by atoms with Crippen LogP contribution in [0.4, 0.5) is 0 Å². The molecule has 1 saturated heterocycles. The number of aryl methyl sites for hydroxylation is 1. The number of benzene rings is 1. The number of nitrogens with zero attached hydrogens (tertiary/aromatic N) is 1. The van der Waals surface area contributed by atoms with Gasteiger partial charge in [0.15, 0.2) is 0 Å². The predicted octanol–water partition coefficient (Wildman–Crippen LogP) is 2.20. The van der Waals surface area contributed by atoms with Gasteiger partial charge < -0.3 is 10.2 Å². The summed E-state index contributed by atoms with van der Waals surface area (Å²) in [6.07, 6.45) is 2.04. The van der Waals surface area contributed by atoms with Crippen molar-refractivity contribution in [3.05, 3.63) is 34.3 Å².